The number of aromatic nitrogens is 1. The van der Waals surface area contributed by atoms with Crippen molar-refractivity contribution >= 4 is 33.4 Å². The standard InChI is InChI=1S/C12H6BrN3O2S/c13-9-1-4-12(15-7-9)19-11-3-2-10(16(17)18)5-8(11)6-14/h1-5,7H. The molecule has 0 saturated heterocycles. The largest absolute Gasteiger partial charge is 0.270 e. The zero-order chi connectivity index (χ0) is 13.8. The van der Waals surface area contributed by atoms with E-state index in [2.05, 4.69) is 20.9 Å². The molecular weight excluding hydrogens is 330 g/mol. The van der Waals surface area contributed by atoms with Gasteiger partial charge in [-0.25, -0.2) is 4.98 Å². The second-order valence-corrected chi connectivity index (χ2v) is 5.44. The van der Waals surface area contributed by atoms with Crippen molar-refractivity contribution in [1.82, 2.24) is 4.98 Å². The van der Waals surface area contributed by atoms with E-state index in [0.717, 1.165) is 4.47 Å². The predicted octanol–water partition coefficient (Wildman–Crippen LogP) is 3.78. The van der Waals surface area contributed by atoms with Gasteiger partial charge in [-0.2, -0.15) is 5.26 Å². The van der Waals surface area contributed by atoms with Crippen LogP contribution in [0, 0.1) is 21.4 Å². The third-order valence-electron chi connectivity index (χ3n) is 2.21. The SMILES string of the molecule is N#Cc1cc([N+](=O)[O-])ccc1Sc1ccc(Br)cn1. The van der Waals surface area contributed by atoms with Gasteiger partial charge >= 0.3 is 0 Å². The van der Waals surface area contributed by atoms with Crippen LogP contribution >= 0.6 is 27.7 Å². The van der Waals surface area contributed by atoms with Crippen LogP contribution in [0.15, 0.2) is 50.9 Å². The molecule has 0 aliphatic heterocycles. The topological polar surface area (TPSA) is 79.8 Å². The number of nitriles is 1. The molecule has 0 amide bonds. The molecule has 0 atom stereocenters. The molecule has 0 aliphatic carbocycles. The number of hydrogen-bond acceptors (Lipinski definition) is 5. The first-order chi connectivity index (χ1) is 9.10. The summed E-state index contributed by atoms with van der Waals surface area (Å²) in [7, 11) is 0. The van der Waals surface area contributed by atoms with E-state index in [9.17, 15) is 10.1 Å². The van der Waals surface area contributed by atoms with Gasteiger partial charge in [0.2, 0.25) is 0 Å². The van der Waals surface area contributed by atoms with E-state index in [0.29, 0.717) is 9.92 Å². The minimum atomic E-state index is -0.521. The lowest BCUT2D eigenvalue weighted by molar-refractivity contribution is -0.384. The predicted molar refractivity (Wildman–Crippen MR) is 73.9 cm³/mol. The number of hydrogen-bond donors (Lipinski definition) is 0. The quantitative estimate of drug-likeness (QED) is 0.629. The van der Waals surface area contributed by atoms with Crippen molar-refractivity contribution in [1.29, 1.82) is 5.26 Å². The zero-order valence-corrected chi connectivity index (χ0v) is 11.8. The van der Waals surface area contributed by atoms with Crippen LogP contribution in [0.5, 0.6) is 0 Å². The molecule has 0 saturated carbocycles. The first-order valence-corrected chi connectivity index (χ1v) is 6.69. The van der Waals surface area contributed by atoms with Crippen LogP contribution in [0.1, 0.15) is 5.56 Å². The summed E-state index contributed by atoms with van der Waals surface area (Å²) < 4.78 is 0.862. The van der Waals surface area contributed by atoms with Crippen LogP contribution in [0.25, 0.3) is 0 Å². The summed E-state index contributed by atoms with van der Waals surface area (Å²) in [6.07, 6.45) is 1.65. The fourth-order valence-corrected chi connectivity index (χ4v) is 2.40. The molecule has 1 aromatic heterocycles. The average Bonchev–Trinajstić information content (AvgIpc) is 2.41. The number of nitro benzene ring substituents is 1. The first kappa shape index (κ1) is 13.5. The number of nitrogens with zero attached hydrogens (tertiary/aromatic N) is 3. The molecule has 0 aliphatic rings. The van der Waals surface area contributed by atoms with Crippen molar-refractivity contribution in [2.24, 2.45) is 0 Å². The summed E-state index contributed by atoms with van der Waals surface area (Å²) in [4.78, 5) is 14.9. The molecule has 0 unspecified atom stereocenters. The Morgan fingerprint density at radius 1 is 1.37 bits per heavy atom. The highest BCUT2D eigenvalue weighted by Gasteiger charge is 2.11. The van der Waals surface area contributed by atoms with E-state index in [1.807, 2.05) is 12.1 Å². The van der Waals surface area contributed by atoms with Gasteiger partial charge in [-0.3, -0.25) is 10.1 Å². The van der Waals surface area contributed by atoms with Crippen molar-refractivity contribution in [3.63, 3.8) is 0 Å². The Balaban J connectivity index is 2.33. The van der Waals surface area contributed by atoms with Gasteiger partial charge in [0, 0.05) is 27.7 Å². The van der Waals surface area contributed by atoms with E-state index in [1.165, 1.54) is 23.9 Å². The molecule has 0 fully saturated rings. The Morgan fingerprint density at radius 2 is 2.16 bits per heavy atom. The van der Waals surface area contributed by atoms with Gasteiger partial charge in [0.05, 0.1) is 10.5 Å². The van der Waals surface area contributed by atoms with Crippen molar-refractivity contribution < 1.29 is 4.92 Å². The summed E-state index contributed by atoms with van der Waals surface area (Å²) >= 11 is 4.58. The van der Waals surface area contributed by atoms with Crippen LogP contribution in [0.4, 0.5) is 5.69 Å². The fraction of sp³-hybridized carbons (Fsp3) is 0. The van der Waals surface area contributed by atoms with Gasteiger partial charge in [-0.05, 0) is 34.1 Å². The Bertz CT molecular complexity index is 668. The maximum Gasteiger partial charge on any atom is 0.270 e. The van der Waals surface area contributed by atoms with Gasteiger partial charge < -0.3 is 0 Å². The van der Waals surface area contributed by atoms with Crippen LogP contribution in [0.2, 0.25) is 0 Å². The van der Waals surface area contributed by atoms with Crippen molar-refractivity contribution in [2.45, 2.75) is 9.92 Å². The van der Waals surface area contributed by atoms with Crippen molar-refractivity contribution in [2.75, 3.05) is 0 Å². The second-order valence-electron chi connectivity index (χ2n) is 3.47. The number of non-ortho nitro benzene ring substituents is 1. The summed E-state index contributed by atoms with van der Waals surface area (Å²) in [5.74, 6) is 0. The second kappa shape index (κ2) is 5.82. The van der Waals surface area contributed by atoms with E-state index in [4.69, 9.17) is 5.26 Å². The number of halogens is 1. The van der Waals surface area contributed by atoms with E-state index >= 15 is 0 Å². The average molecular weight is 336 g/mol. The normalized spacial score (nSPS) is 9.89. The smallest absolute Gasteiger partial charge is 0.258 e. The molecule has 7 heteroatoms. The molecule has 5 nitrogen and oxygen atoms in total. The summed E-state index contributed by atoms with van der Waals surface area (Å²) in [6, 6.07) is 9.81. The molecule has 2 aromatic rings. The number of nitro groups is 1. The highest BCUT2D eigenvalue weighted by atomic mass is 79.9. The molecule has 19 heavy (non-hydrogen) atoms. The molecule has 0 spiro atoms. The van der Waals surface area contributed by atoms with Crippen LogP contribution in [-0.2, 0) is 0 Å². The summed E-state index contributed by atoms with van der Waals surface area (Å²) in [6.45, 7) is 0. The van der Waals surface area contributed by atoms with E-state index in [1.54, 1.807) is 18.3 Å². The number of rotatable bonds is 3. The zero-order valence-electron chi connectivity index (χ0n) is 9.41. The van der Waals surface area contributed by atoms with Gasteiger partial charge in [0.1, 0.15) is 11.1 Å². The van der Waals surface area contributed by atoms with Crippen molar-refractivity contribution in [3.05, 3.63) is 56.7 Å². The minimum absolute atomic E-state index is 0.0929. The molecule has 2 rings (SSSR count). The molecular formula is C12H6BrN3O2S. The third-order valence-corrected chi connectivity index (χ3v) is 3.70. The Hall–Kier alpha value is -1.91. The Labute approximate surface area is 121 Å². The van der Waals surface area contributed by atoms with Crippen molar-refractivity contribution in [3.8, 4) is 6.07 Å². The third kappa shape index (κ3) is 3.30. The maximum atomic E-state index is 10.6. The summed E-state index contributed by atoms with van der Waals surface area (Å²) in [5, 5.41) is 20.4. The maximum absolute atomic E-state index is 10.6. The van der Waals surface area contributed by atoms with Crippen LogP contribution in [-0.4, -0.2) is 9.91 Å². The minimum Gasteiger partial charge on any atom is -0.258 e. The lowest BCUT2D eigenvalue weighted by atomic mass is 10.2. The molecule has 1 aromatic carbocycles. The lowest BCUT2D eigenvalue weighted by Gasteiger charge is -2.03. The van der Waals surface area contributed by atoms with Crippen LogP contribution in [0.3, 0.4) is 0 Å². The Kier molecular flexibility index (Phi) is 4.14. The van der Waals surface area contributed by atoms with E-state index in [-0.39, 0.29) is 11.3 Å². The van der Waals surface area contributed by atoms with Gasteiger partial charge in [-0.1, -0.05) is 11.8 Å². The Morgan fingerprint density at radius 3 is 2.74 bits per heavy atom. The van der Waals surface area contributed by atoms with E-state index < -0.39 is 4.92 Å². The fourth-order valence-electron chi connectivity index (χ4n) is 1.34. The molecule has 0 N–H and O–H groups in total. The molecule has 0 radical (unpaired) electrons. The first-order valence-electron chi connectivity index (χ1n) is 5.08. The molecule has 94 valence electrons. The number of pyridine rings is 1. The highest BCUT2D eigenvalue weighted by Crippen LogP contribution is 2.31. The molecule has 0 bridgehead atoms. The van der Waals surface area contributed by atoms with Gasteiger partial charge in [0.15, 0.2) is 0 Å². The molecule has 1 heterocycles. The van der Waals surface area contributed by atoms with Crippen LogP contribution < -0.4 is 0 Å². The van der Waals surface area contributed by atoms with Gasteiger partial charge in [-0.15, -0.1) is 0 Å². The monoisotopic (exact) mass is 335 g/mol. The lowest BCUT2D eigenvalue weighted by Crippen LogP contribution is -1.90. The summed E-state index contributed by atoms with van der Waals surface area (Å²) in [5.41, 5.74) is 0.175. The van der Waals surface area contributed by atoms with Gasteiger partial charge in [0.25, 0.3) is 5.69 Å². The number of benzene rings is 1. The highest BCUT2D eigenvalue weighted by molar-refractivity contribution is 9.10.